The molecule has 3 atom stereocenters. The summed E-state index contributed by atoms with van der Waals surface area (Å²) in [5.74, 6) is -0.795. The van der Waals surface area contributed by atoms with Crippen LogP contribution in [0.15, 0.2) is 30.3 Å². The third-order valence-corrected chi connectivity index (χ3v) is 10.9. The highest BCUT2D eigenvalue weighted by Gasteiger charge is 2.49. The van der Waals surface area contributed by atoms with Crippen molar-refractivity contribution < 1.29 is 28.3 Å². The van der Waals surface area contributed by atoms with Crippen LogP contribution in [0.5, 0.6) is 0 Å². The maximum atomic E-state index is 12.6. The Morgan fingerprint density at radius 1 is 1.15 bits per heavy atom. The first kappa shape index (κ1) is 26.9. The van der Waals surface area contributed by atoms with Gasteiger partial charge in [-0.3, -0.25) is 9.69 Å². The summed E-state index contributed by atoms with van der Waals surface area (Å²) < 4.78 is 17.0. The van der Waals surface area contributed by atoms with Crippen LogP contribution in [-0.4, -0.2) is 63.0 Å². The Labute approximate surface area is 198 Å². The van der Waals surface area contributed by atoms with E-state index < -0.39 is 20.3 Å². The lowest BCUT2D eigenvalue weighted by atomic mass is 10.1. The molecule has 2 rings (SSSR count). The lowest BCUT2D eigenvalue weighted by Gasteiger charge is -2.39. The Bertz CT molecular complexity index is 824. The zero-order chi connectivity index (χ0) is 24.8. The molecule has 8 nitrogen and oxygen atoms in total. The molecule has 1 aromatic carbocycles. The van der Waals surface area contributed by atoms with Crippen LogP contribution >= 0.6 is 0 Å². The Hall–Kier alpha value is -2.39. The Morgan fingerprint density at radius 3 is 2.33 bits per heavy atom. The minimum atomic E-state index is -2.15. The molecular formula is C24H38N2O6Si. The fourth-order valence-corrected chi connectivity index (χ4v) is 4.72. The second-order valence-corrected chi connectivity index (χ2v) is 14.8. The minimum absolute atomic E-state index is 0.0157. The van der Waals surface area contributed by atoms with Gasteiger partial charge in [-0.1, -0.05) is 51.1 Å². The molecule has 0 saturated carbocycles. The van der Waals surface area contributed by atoms with E-state index in [-0.39, 0.29) is 35.8 Å². The number of nitrogens with one attached hydrogen (secondary N) is 1. The third kappa shape index (κ3) is 7.85. The number of benzene rings is 1. The summed E-state index contributed by atoms with van der Waals surface area (Å²) in [4.78, 5) is 38.0. The molecule has 2 amide bonds. The molecule has 1 fully saturated rings. The van der Waals surface area contributed by atoms with Crippen LogP contribution in [0.3, 0.4) is 0 Å². The van der Waals surface area contributed by atoms with Gasteiger partial charge in [0.25, 0.3) is 0 Å². The van der Waals surface area contributed by atoms with Crippen LogP contribution in [0.25, 0.3) is 0 Å². The van der Waals surface area contributed by atoms with Crippen LogP contribution in [0.4, 0.5) is 4.79 Å². The van der Waals surface area contributed by atoms with Crippen molar-refractivity contribution in [2.24, 2.45) is 0 Å². The van der Waals surface area contributed by atoms with E-state index in [0.29, 0.717) is 19.4 Å². The molecule has 1 saturated heterocycles. The van der Waals surface area contributed by atoms with Crippen molar-refractivity contribution in [3.63, 3.8) is 0 Å². The highest BCUT2D eigenvalue weighted by Crippen LogP contribution is 2.40. The number of carbonyl (C=O) groups excluding carboxylic acids is 3. The summed E-state index contributed by atoms with van der Waals surface area (Å²) in [6, 6.07) is 8.65. The number of esters is 1. The number of carbonyl (C=O) groups is 3. The first-order valence-corrected chi connectivity index (χ1v) is 14.3. The molecule has 1 N–H and O–H groups in total. The van der Waals surface area contributed by atoms with Gasteiger partial charge in [-0.2, -0.15) is 0 Å². The van der Waals surface area contributed by atoms with Crippen molar-refractivity contribution in [1.82, 2.24) is 10.2 Å². The van der Waals surface area contributed by atoms with Gasteiger partial charge >= 0.3 is 12.1 Å². The van der Waals surface area contributed by atoms with E-state index in [9.17, 15) is 14.4 Å². The molecule has 0 radical (unpaired) electrons. The summed E-state index contributed by atoms with van der Waals surface area (Å²) in [5.41, 5.74) is 0.926. The lowest BCUT2D eigenvalue weighted by molar-refractivity contribution is -0.145. The molecule has 1 aliphatic heterocycles. The van der Waals surface area contributed by atoms with E-state index in [2.05, 4.69) is 39.2 Å². The van der Waals surface area contributed by atoms with E-state index in [1.54, 1.807) is 4.90 Å². The highest BCUT2D eigenvalue weighted by molar-refractivity contribution is 6.74. The lowest BCUT2D eigenvalue weighted by Crippen LogP contribution is -2.47. The summed E-state index contributed by atoms with van der Waals surface area (Å²) >= 11 is 0. The van der Waals surface area contributed by atoms with Gasteiger partial charge in [-0.15, -0.1) is 0 Å². The molecule has 184 valence electrons. The summed E-state index contributed by atoms with van der Waals surface area (Å²) in [6.07, 6.45) is 0.212. The van der Waals surface area contributed by atoms with Crippen molar-refractivity contribution in [3.05, 3.63) is 35.9 Å². The van der Waals surface area contributed by atoms with E-state index in [1.165, 1.54) is 14.0 Å². The number of nitrogens with zero attached hydrogens (tertiary/aromatic N) is 1. The quantitative estimate of drug-likeness (QED) is 0.312. The van der Waals surface area contributed by atoms with E-state index in [0.717, 1.165) is 5.56 Å². The van der Waals surface area contributed by atoms with Gasteiger partial charge in [0.2, 0.25) is 5.91 Å². The number of hydrogen-bond acceptors (Lipinski definition) is 6. The molecule has 0 spiro atoms. The van der Waals surface area contributed by atoms with Crippen molar-refractivity contribution in [3.8, 4) is 0 Å². The molecule has 9 heteroatoms. The zero-order valence-corrected chi connectivity index (χ0v) is 21.8. The van der Waals surface area contributed by atoms with Crippen molar-refractivity contribution >= 4 is 26.3 Å². The monoisotopic (exact) mass is 478 g/mol. The van der Waals surface area contributed by atoms with Gasteiger partial charge in [-0.05, 0) is 36.5 Å². The number of ether oxygens (including phenoxy) is 2. The molecule has 1 heterocycles. The van der Waals surface area contributed by atoms with Crippen molar-refractivity contribution in [2.45, 2.75) is 83.5 Å². The highest BCUT2D eigenvalue weighted by atomic mass is 28.4. The molecule has 0 aliphatic carbocycles. The second-order valence-electron chi connectivity index (χ2n) is 10.0. The normalized spacial score (nSPS) is 17.7. The van der Waals surface area contributed by atoms with Crippen LogP contribution in [-0.2, 0) is 30.1 Å². The standard InChI is InChI=1S/C24H38N2O6Si/c1-17(27)25-19(22(28)30-5)13-14-21(32-33(6,7)24(2,3)4)20-15-26(20)23(29)31-16-18-11-9-8-10-12-18/h8-12,19-21H,13-16H2,1-7H3,(H,25,27)/t19-,20-,21?,26?/m1/s1. The van der Waals surface area contributed by atoms with Gasteiger partial charge in [0.05, 0.1) is 19.3 Å². The van der Waals surface area contributed by atoms with E-state index >= 15 is 0 Å². The number of amides is 2. The van der Waals surface area contributed by atoms with Gasteiger partial charge in [0.1, 0.15) is 12.6 Å². The number of rotatable bonds is 10. The van der Waals surface area contributed by atoms with E-state index in [1.807, 2.05) is 30.3 Å². The summed E-state index contributed by atoms with van der Waals surface area (Å²) in [7, 11) is -0.850. The third-order valence-electron chi connectivity index (χ3n) is 6.37. The SMILES string of the molecule is COC(=O)[C@@H](CCC(O[Si](C)(C)C(C)(C)C)[C@H]1CN1C(=O)OCc1ccccc1)NC(C)=O. The largest absolute Gasteiger partial charge is 0.467 e. The predicted octanol–water partition coefficient (Wildman–Crippen LogP) is 3.86. The van der Waals surface area contributed by atoms with Gasteiger partial charge in [0, 0.05) is 13.5 Å². The fraction of sp³-hybridized carbons (Fsp3) is 0.625. The maximum Gasteiger partial charge on any atom is 0.410 e. The number of methoxy groups -OCH3 is 1. The fourth-order valence-electron chi connectivity index (χ4n) is 3.34. The van der Waals surface area contributed by atoms with Crippen LogP contribution < -0.4 is 5.32 Å². The van der Waals surface area contributed by atoms with E-state index in [4.69, 9.17) is 13.9 Å². The van der Waals surface area contributed by atoms with Crippen LogP contribution in [0.2, 0.25) is 18.1 Å². The first-order chi connectivity index (χ1) is 15.4. The molecule has 1 aliphatic rings. The zero-order valence-electron chi connectivity index (χ0n) is 20.8. The average molecular weight is 479 g/mol. The minimum Gasteiger partial charge on any atom is -0.467 e. The average Bonchev–Trinajstić information content (AvgIpc) is 3.54. The molecule has 1 unspecified atom stereocenters. The van der Waals surface area contributed by atoms with Crippen molar-refractivity contribution in [1.29, 1.82) is 0 Å². The van der Waals surface area contributed by atoms with Gasteiger partial charge < -0.3 is 19.2 Å². The van der Waals surface area contributed by atoms with Crippen LogP contribution in [0.1, 0.15) is 46.1 Å². The maximum absolute atomic E-state index is 12.6. The number of hydrogen-bond donors (Lipinski definition) is 1. The Balaban J connectivity index is 2.07. The molecule has 1 aromatic rings. The second kappa shape index (κ2) is 11.2. The smallest absolute Gasteiger partial charge is 0.410 e. The predicted molar refractivity (Wildman–Crippen MR) is 128 cm³/mol. The topological polar surface area (TPSA) is 93.9 Å². The Kier molecular flexibility index (Phi) is 9.08. The summed E-state index contributed by atoms with van der Waals surface area (Å²) in [6.45, 7) is 12.9. The first-order valence-electron chi connectivity index (χ1n) is 11.4. The van der Waals surface area contributed by atoms with Gasteiger partial charge in [0.15, 0.2) is 8.32 Å². The molecule has 0 aromatic heterocycles. The molecule has 33 heavy (non-hydrogen) atoms. The molecule has 0 bridgehead atoms. The molecular weight excluding hydrogens is 440 g/mol. The summed E-state index contributed by atoms with van der Waals surface area (Å²) in [5, 5.41) is 2.63. The van der Waals surface area contributed by atoms with Crippen LogP contribution in [0, 0.1) is 0 Å². The van der Waals surface area contributed by atoms with Crippen molar-refractivity contribution in [2.75, 3.05) is 13.7 Å². The van der Waals surface area contributed by atoms with Gasteiger partial charge in [-0.25, -0.2) is 9.59 Å². The Morgan fingerprint density at radius 2 is 1.79 bits per heavy atom.